The van der Waals surface area contributed by atoms with Crippen molar-refractivity contribution in [3.8, 4) is 5.88 Å². The van der Waals surface area contributed by atoms with Gasteiger partial charge in [0.2, 0.25) is 5.88 Å². The van der Waals surface area contributed by atoms with Crippen molar-refractivity contribution in [3.63, 3.8) is 0 Å². The molecular weight excluding hydrogens is 206 g/mol. The van der Waals surface area contributed by atoms with Crippen LogP contribution < -0.4 is 10.3 Å². The van der Waals surface area contributed by atoms with E-state index in [0.29, 0.717) is 23.6 Å². The van der Waals surface area contributed by atoms with Gasteiger partial charge < -0.3 is 4.74 Å². The Kier molecular flexibility index (Phi) is 2.85. The minimum atomic E-state index is -0.130. The SMILES string of the molecule is CCCn1c(=O)cnc2ccc(OC)nc21. The van der Waals surface area contributed by atoms with E-state index in [0.717, 1.165) is 6.42 Å². The lowest BCUT2D eigenvalue weighted by Gasteiger charge is -2.07. The number of hydrogen-bond donors (Lipinski definition) is 0. The van der Waals surface area contributed by atoms with E-state index in [2.05, 4.69) is 9.97 Å². The van der Waals surface area contributed by atoms with Gasteiger partial charge in [-0.2, -0.15) is 4.98 Å². The molecule has 0 saturated carbocycles. The van der Waals surface area contributed by atoms with Gasteiger partial charge in [-0.05, 0) is 12.5 Å². The minimum absolute atomic E-state index is 0.130. The first kappa shape index (κ1) is 10.6. The number of rotatable bonds is 3. The number of nitrogens with zero attached hydrogens (tertiary/aromatic N) is 3. The maximum absolute atomic E-state index is 11.6. The van der Waals surface area contributed by atoms with Crippen LogP contribution in [-0.2, 0) is 6.54 Å². The van der Waals surface area contributed by atoms with Gasteiger partial charge in [0.05, 0.1) is 13.3 Å². The summed E-state index contributed by atoms with van der Waals surface area (Å²) in [7, 11) is 1.55. The highest BCUT2D eigenvalue weighted by Gasteiger charge is 2.06. The molecular formula is C11H13N3O2. The average molecular weight is 219 g/mol. The Bertz CT molecular complexity index is 563. The van der Waals surface area contributed by atoms with Crippen LogP contribution in [0.4, 0.5) is 0 Å². The van der Waals surface area contributed by atoms with Crippen LogP contribution >= 0.6 is 0 Å². The molecule has 5 heteroatoms. The molecule has 0 unspecified atom stereocenters. The zero-order valence-corrected chi connectivity index (χ0v) is 9.30. The lowest BCUT2D eigenvalue weighted by Crippen LogP contribution is -2.21. The Labute approximate surface area is 92.7 Å². The maximum atomic E-state index is 11.6. The molecule has 2 aromatic heterocycles. The highest BCUT2D eigenvalue weighted by Crippen LogP contribution is 2.12. The van der Waals surface area contributed by atoms with Gasteiger partial charge in [0.25, 0.3) is 5.56 Å². The van der Waals surface area contributed by atoms with Crippen molar-refractivity contribution < 1.29 is 4.74 Å². The lowest BCUT2D eigenvalue weighted by atomic mass is 10.4. The second-order valence-electron chi connectivity index (χ2n) is 3.44. The van der Waals surface area contributed by atoms with Crippen LogP contribution in [0.5, 0.6) is 5.88 Å². The predicted molar refractivity (Wildman–Crippen MR) is 60.6 cm³/mol. The third kappa shape index (κ3) is 1.76. The number of fused-ring (bicyclic) bond motifs is 1. The number of methoxy groups -OCH3 is 1. The van der Waals surface area contributed by atoms with Gasteiger partial charge in [0.15, 0.2) is 5.65 Å². The Balaban J connectivity index is 2.72. The molecule has 0 bridgehead atoms. The first-order chi connectivity index (χ1) is 7.76. The second-order valence-corrected chi connectivity index (χ2v) is 3.44. The van der Waals surface area contributed by atoms with Crippen molar-refractivity contribution in [2.75, 3.05) is 7.11 Å². The molecule has 0 N–H and O–H groups in total. The van der Waals surface area contributed by atoms with Crippen molar-refractivity contribution >= 4 is 11.2 Å². The topological polar surface area (TPSA) is 57.0 Å². The fourth-order valence-electron chi connectivity index (χ4n) is 1.58. The normalized spacial score (nSPS) is 10.6. The van der Waals surface area contributed by atoms with Crippen LogP contribution in [0.15, 0.2) is 23.1 Å². The van der Waals surface area contributed by atoms with Crippen LogP contribution in [0.3, 0.4) is 0 Å². The summed E-state index contributed by atoms with van der Waals surface area (Å²) in [6, 6.07) is 3.53. The molecule has 2 aromatic rings. The highest BCUT2D eigenvalue weighted by molar-refractivity contribution is 5.70. The van der Waals surface area contributed by atoms with Crippen LogP contribution in [0.1, 0.15) is 13.3 Å². The molecule has 0 fully saturated rings. The van der Waals surface area contributed by atoms with E-state index in [1.807, 2.05) is 6.92 Å². The second kappa shape index (κ2) is 4.30. The molecule has 0 amide bonds. The van der Waals surface area contributed by atoms with Gasteiger partial charge in [0.1, 0.15) is 5.52 Å². The van der Waals surface area contributed by atoms with E-state index in [1.165, 1.54) is 6.20 Å². The van der Waals surface area contributed by atoms with E-state index in [9.17, 15) is 4.79 Å². The summed E-state index contributed by atoms with van der Waals surface area (Å²) in [4.78, 5) is 19.9. The smallest absolute Gasteiger partial charge is 0.270 e. The summed E-state index contributed by atoms with van der Waals surface area (Å²) < 4.78 is 6.66. The largest absolute Gasteiger partial charge is 0.481 e. The standard InChI is InChI=1S/C11H13N3O2/c1-3-6-14-10(15)7-12-8-4-5-9(16-2)13-11(8)14/h4-5,7H,3,6H2,1-2H3. The minimum Gasteiger partial charge on any atom is -0.481 e. The average Bonchev–Trinajstić information content (AvgIpc) is 2.32. The summed E-state index contributed by atoms with van der Waals surface area (Å²) >= 11 is 0. The maximum Gasteiger partial charge on any atom is 0.270 e. The van der Waals surface area contributed by atoms with Crippen LogP contribution in [0.2, 0.25) is 0 Å². The molecule has 0 aliphatic carbocycles. The van der Waals surface area contributed by atoms with Crippen LogP contribution in [0.25, 0.3) is 11.2 Å². The molecule has 0 atom stereocenters. The third-order valence-corrected chi connectivity index (χ3v) is 2.32. The van der Waals surface area contributed by atoms with Gasteiger partial charge in [-0.3, -0.25) is 9.36 Å². The van der Waals surface area contributed by atoms with E-state index >= 15 is 0 Å². The molecule has 0 spiro atoms. The Hall–Kier alpha value is -1.91. The molecule has 0 aliphatic heterocycles. The summed E-state index contributed by atoms with van der Waals surface area (Å²) in [5, 5.41) is 0. The van der Waals surface area contributed by atoms with Gasteiger partial charge in [-0.1, -0.05) is 6.92 Å². The van der Waals surface area contributed by atoms with E-state index in [1.54, 1.807) is 23.8 Å². The zero-order chi connectivity index (χ0) is 11.5. The van der Waals surface area contributed by atoms with Crippen molar-refractivity contribution in [1.29, 1.82) is 0 Å². The lowest BCUT2D eigenvalue weighted by molar-refractivity contribution is 0.398. The molecule has 16 heavy (non-hydrogen) atoms. The summed E-state index contributed by atoms with van der Waals surface area (Å²) in [6.45, 7) is 2.65. The number of aromatic nitrogens is 3. The van der Waals surface area contributed by atoms with Gasteiger partial charge in [-0.15, -0.1) is 0 Å². The Morgan fingerprint density at radius 1 is 1.44 bits per heavy atom. The number of ether oxygens (including phenoxy) is 1. The number of aryl methyl sites for hydroxylation is 1. The molecule has 0 aliphatic rings. The first-order valence-electron chi connectivity index (χ1n) is 5.17. The zero-order valence-electron chi connectivity index (χ0n) is 9.30. The fourth-order valence-corrected chi connectivity index (χ4v) is 1.58. The summed E-state index contributed by atoms with van der Waals surface area (Å²) in [5.41, 5.74) is 1.15. The Morgan fingerprint density at radius 3 is 2.94 bits per heavy atom. The molecule has 0 radical (unpaired) electrons. The van der Waals surface area contributed by atoms with Crippen LogP contribution in [-0.4, -0.2) is 21.6 Å². The van der Waals surface area contributed by atoms with Crippen molar-refractivity contribution in [2.45, 2.75) is 19.9 Å². The first-order valence-corrected chi connectivity index (χ1v) is 5.17. The fraction of sp³-hybridized carbons (Fsp3) is 0.364. The van der Waals surface area contributed by atoms with E-state index in [-0.39, 0.29) is 5.56 Å². The molecule has 0 aromatic carbocycles. The summed E-state index contributed by atoms with van der Waals surface area (Å²) in [5.74, 6) is 0.491. The van der Waals surface area contributed by atoms with Crippen molar-refractivity contribution in [2.24, 2.45) is 0 Å². The number of hydrogen-bond acceptors (Lipinski definition) is 4. The number of pyridine rings is 1. The van der Waals surface area contributed by atoms with Gasteiger partial charge in [0, 0.05) is 12.6 Å². The van der Waals surface area contributed by atoms with Crippen molar-refractivity contribution in [1.82, 2.24) is 14.5 Å². The van der Waals surface area contributed by atoms with Crippen molar-refractivity contribution in [3.05, 3.63) is 28.7 Å². The molecule has 84 valence electrons. The molecule has 0 saturated heterocycles. The summed E-state index contributed by atoms with van der Waals surface area (Å²) in [6.07, 6.45) is 2.20. The van der Waals surface area contributed by atoms with Gasteiger partial charge >= 0.3 is 0 Å². The molecule has 5 nitrogen and oxygen atoms in total. The quantitative estimate of drug-likeness (QED) is 0.778. The third-order valence-electron chi connectivity index (χ3n) is 2.32. The molecule has 2 rings (SSSR count). The van der Waals surface area contributed by atoms with E-state index < -0.39 is 0 Å². The highest BCUT2D eigenvalue weighted by atomic mass is 16.5. The van der Waals surface area contributed by atoms with E-state index in [4.69, 9.17) is 4.74 Å². The van der Waals surface area contributed by atoms with Gasteiger partial charge in [-0.25, -0.2) is 4.98 Å². The molecule has 2 heterocycles. The van der Waals surface area contributed by atoms with Crippen LogP contribution in [0, 0.1) is 0 Å². The predicted octanol–water partition coefficient (Wildman–Crippen LogP) is 1.21. The Morgan fingerprint density at radius 2 is 2.25 bits per heavy atom. The monoisotopic (exact) mass is 219 g/mol.